The van der Waals surface area contributed by atoms with E-state index >= 15 is 0 Å². The highest BCUT2D eigenvalue weighted by molar-refractivity contribution is 7.80. The summed E-state index contributed by atoms with van der Waals surface area (Å²) < 4.78 is 0. The molecule has 142 valence electrons. The van der Waals surface area contributed by atoms with Crippen LogP contribution in [-0.2, 0) is 13.1 Å². The number of pyridine rings is 1. The Morgan fingerprint density at radius 3 is 2.43 bits per heavy atom. The van der Waals surface area contributed by atoms with Crippen LogP contribution in [0.1, 0.15) is 11.3 Å². The molecule has 0 saturated carbocycles. The van der Waals surface area contributed by atoms with Gasteiger partial charge >= 0.3 is 0 Å². The van der Waals surface area contributed by atoms with Crippen LogP contribution in [0.5, 0.6) is 5.75 Å². The predicted octanol–water partition coefficient (Wildman–Crippen LogP) is 4.09. The van der Waals surface area contributed by atoms with E-state index in [4.69, 9.17) is 12.2 Å². The number of para-hydroxylation sites is 1. The number of nitro groups is 1. The summed E-state index contributed by atoms with van der Waals surface area (Å²) in [6, 6.07) is 18.7. The number of benzene rings is 2. The van der Waals surface area contributed by atoms with Crippen molar-refractivity contribution in [2.75, 3.05) is 5.32 Å². The van der Waals surface area contributed by atoms with Crippen molar-refractivity contribution < 1.29 is 10.0 Å². The van der Waals surface area contributed by atoms with Gasteiger partial charge in [-0.05, 0) is 42.5 Å². The maximum Gasteiger partial charge on any atom is 0.269 e. The predicted molar refractivity (Wildman–Crippen MR) is 111 cm³/mol. The zero-order valence-electron chi connectivity index (χ0n) is 14.9. The van der Waals surface area contributed by atoms with Gasteiger partial charge in [0.1, 0.15) is 5.75 Å². The number of nitrogens with one attached hydrogen (secondary N) is 1. The number of aromatic nitrogens is 1. The molecule has 3 aromatic rings. The van der Waals surface area contributed by atoms with Gasteiger partial charge in [0.25, 0.3) is 5.69 Å². The third-order valence-electron chi connectivity index (χ3n) is 4.05. The van der Waals surface area contributed by atoms with Crippen LogP contribution in [0.4, 0.5) is 11.4 Å². The first kappa shape index (κ1) is 19.2. The van der Waals surface area contributed by atoms with Crippen molar-refractivity contribution in [2.24, 2.45) is 0 Å². The van der Waals surface area contributed by atoms with Crippen LogP contribution >= 0.6 is 12.2 Å². The number of thiocarbonyl (C=S) groups is 1. The molecule has 0 aliphatic rings. The van der Waals surface area contributed by atoms with Crippen molar-refractivity contribution in [1.29, 1.82) is 0 Å². The molecule has 1 aromatic heterocycles. The second-order valence-corrected chi connectivity index (χ2v) is 6.43. The van der Waals surface area contributed by atoms with Gasteiger partial charge in [0.05, 0.1) is 17.2 Å². The van der Waals surface area contributed by atoms with E-state index in [-0.39, 0.29) is 11.4 Å². The average Bonchev–Trinajstić information content (AvgIpc) is 2.70. The summed E-state index contributed by atoms with van der Waals surface area (Å²) in [4.78, 5) is 16.6. The molecule has 0 spiro atoms. The van der Waals surface area contributed by atoms with Gasteiger partial charge in [-0.3, -0.25) is 15.1 Å². The number of phenolic OH excluding ortho intramolecular Hbond substituents is 1. The maximum atomic E-state index is 10.8. The summed E-state index contributed by atoms with van der Waals surface area (Å²) in [6.07, 6.45) is 1.71. The van der Waals surface area contributed by atoms with E-state index < -0.39 is 4.92 Å². The number of hydrogen-bond acceptors (Lipinski definition) is 5. The van der Waals surface area contributed by atoms with Gasteiger partial charge in [-0.2, -0.15) is 0 Å². The molecule has 1 heterocycles. The summed E-state index contributed by atoms with van der Waals surface area (Å²) >= 11 is 5.55. The van der Waals surface area contributed by atoms with Crippen molar-refractivity contribution in [3.05, 3.63) is 94.3 Å². The third-order valence-corrected chi connectivity index (χ3v) is 4.41. The molecule has 0 amide bonds. The first-order valence-electron chi connectivity index (χ1n) is 8.50. The Morgan fingerprint density at radius 2 is 1.79 bits per heavy atom. The van der Waals surface area contributed by atoms with E-state index in [0.29, 0.717) is 23.9 Å². The Bertz CT molecular complexity index is 965. The van der Waals surface area contributed by atoms with E-state index in [9.17, 15) is 15.2 Å². The highest BCUT2D eigenvalue weighted by Crippen LogP contribution is 2.21. The van der Waals surface area contributed by atoms with Gasteiger partial charge in [0.2, 0.25) is 0 Å². The second kappa shape index (κ2) is 8.92. The number of non-ortho nitro benzene ring substituents is 1. The van der Waals surface area contributed by atoms with Crippen LogP contribution in [-0.4, -0.2) is 25.0 Å². The molecule has 28 heavy (non-hydrogen) atoms. The van der Waals surface area contributed by atoms with Crippen molar-refractivity contribution in [3.8, 4) is 5.75 Å². The van der Waals surface area contributed by atoms with E-state index in [0.717, 1.165) is 11.3 Å². The molecule has 2 aromatic carbocycles. The number of phenols is 1. The lowest BCUT2D eigenvalue weighted by molar-refractivity contribution is -0.384. The molecule has 0 bridgehead atoms. The zero-order valence-corrected chi connectivity index (χ0v) is 15.7. The molecule has 0 saturated heterocycles. The summed E-state index contributed by atoms with van der Waals surface area (Å²) in [5.41, 5.74) is 2.20. The summed E-state index contributed by atoms with van der Waals surface area (Å²) in [7, 11) is 0. The fourth-order valence-electron chi connectivity index (χ4n) is 2.61. The summed E-state index contributed by atoms with van der Waals surface area (Å²) in [5.74, 6) is 0.187. The summed E-state index contributed by atoms with van der Waals surface area (Å²) in [6.45, 7) is 0.816. The van der Waals surface area contributed by atoms with Gasteiger partial charge in [0, 0.05) is 36.1 Å². The fourth-order valence-corrected chi connectivity index (χ4v) is 2.85. The van der Waals surface area contributed by atoms with E-state index in [1.165, 1.54) is 12.1 Å². The highest BCUT2D eigenvalue weighted by Gasteiger charge is 2.15. The van der Waals surface area contributed by atoms with Gasteiger partial charge in [-0.25, -0.2) is 0 Å². The largest absolute Gasteiger partial charge is 0.508 e. The number of hydrogen-bond donors (Lipinski definition) is 2. The zero-order chi connectivity index (χ0) is 19.9. The van der Waals surface area contributed by atoms with Crippen molar-refractivity contribution in [3.63, 3.8) is 0 Å². The lowest BCUT2D eigenvalue weighted by atomic mass is 10.2. The van der Waals surface area contributed by atoms with Crippen LogP contribution in [0.2, 0.25) is 0 Å². The molecular weight excluding hydrogens is 376 g/mol. The molecule has 0 atom stereocenters. The van der Waals surface area contributed by atoms with Crippen LogP contribution < -0.4 is 5.32 Å². The minimum absolute atomic E-state index is 0.0102. The van der Waals surface area contributed by atoms with E-state index in [2.05, 4.69) is 10.3 Å². The van der Waals surface area contributed by atoms with E-state index in [1.807, 2.05) is 35.2 Å². The normalized spacial score (nSPS) is 10.3. The Morgan fingerprint density at radius 1 is 1.07 bits per heavy atom. The monoisotopic (exact) mass is 394 g/mol. The minimum atomic E-state index is -0.451. The summed E-state index contributed by atoms with van der Waals surface area (Å²) in [5, 5.41) is 24.4. The molecule has 3 rings (SSSR count). The number of nitrogens with zero attached hydrogens (tertiary/aromatic N) is 3. The minimum Gasteiger partial charge on any atom is -0.508 e. The second-order valence-electron chi connectivity index (χ2n) is 6.04. The molecule has 8 heteroatoms. The molecule has 7 nitrogen and oxygen atoms in total. The molecule has 0 radical (unpaired) electrons. The Hall–Kier alpha value is -3.52. The molecule has 0 aliphatic heterocycles. The van der Waals surface area contributed by atoms with Crippen LogP contribution in [0.3, 0.4) is 0 Å². The van der Waals surface area contributed by atoms with Gasteiger partial charge in [-0.1, -0.05) is 24.3 Å². The van der Waals surface area contributed by atoms with Gasteiger partial charge < -0.3 is 15.3 Å². The first-order valence-corrected chi connectivity index (χ1v) is 8.91. The van der Waals surface area contributed by atoms with Gasteiger partial charge in [0.15, 0.2) is 5.11 Å². The number of anilines is 1. The smallest absolute Gasteiger partial charge is 0.269 e. The molecule has 0 fully saturated rings. The quantitative estimate of drug-likeness (QED) is 0.369. The first-order chi connectivity index (χ1) is 13.5. The van der Waals surface area contributed by atoms with Crippen LogP contribution in [0.15, 0.2) is 72.9 Å². The number of nitro benzene ring substituents is 1. The maximum absolute atomic E-state index is 10.8. The third kappa shape index (κ3) is 5.01. The molecule has 0 aliphatic carbocycles. The molecule has 0 unspecified atom stereocenters. The van der Waals surface area contributed by atoms with Crippen molar-refractivity contribution >= 4 is 28.7 Å². The number of rotatable bonds is 6. The van der Waals surface area contributed by atoms with Gasteiger partial charge in [-0.15, -0.1) is 0 Å². The molecular formula is C20H18N4O3S. The lowest BCUT2D eigenvalue weighted by Gasteiger charge is -2.26. The lowest BCUT2D eigenvalue weighted by Crippen LogP contribution is -2.34. The average molecular weight is 394 g/mol. The number of aromatic hydroxyl groups is 1. The van der Waals surface area contributed by atoms with Crippen LogP contribution in [0, 0.1) is 10.1 Å². The Labute approximate surface area is 167 Å². The highest BCUT2D eigenvalue weighted by atomic mass is 32.1. The molecule has 2 N–H and O–H groups in total. The van der Waals surface area contributed by atoms with Crippen LogP contribution in [0.25, 0.3) is 0 Å². The fraction of sp³-hybridized carbons (Fsp3) is 0.100. The Kier molecular flexibility index (Phi) is 6.13. The standard InChI is InChI=1S/C20H18N4O3S/c25-19-7-2-1-5-15(19)13-23(14-17-6-3-4-12-21-17)20(28)22-16-8-10-18(11-9-16)24(26)27/h1-12,25H,13-14H2,(H,22,28). The van der Waals surface area contributed by atoms with Crippen molar-refractivity contribution in [2.45, 2.75) is 13.1 Å². The topological polar surface area (TPSA) is 91.5 Å². The van der Waals surface area contributed by atoms with E-state index in [1.54, 1.807) is 30.5 Å². The Balaban J connectivity index is 1.79. The SMILES string of the molecule is O=[N+]([O-])c1ccc(NC(=S)N(Cc2ccccn2)Cc2ccccc2O)cc1. The van der Waals surface area contributed by atoms with Crippen molar-refractivity contribution in [1.82, 2.24) is 9.88 Å².